The summed E-state index contributed by atoms with van der Waals surface area (Å²) in [4.78, 5) is 6.99. The quantitative estimate of drug-likeness (QED) is 0.346. The van der Waals surface area contributed by atoms with Crippen molar-refractivity contribution in [2.45, 2.75) is 72.6 Å². The van der Waals surface area contributed by atoms with Crippen molar-refractivity contribution in [1.29, 1.82) is 0 Å². The van der Waals surface area contributed by atoms with Gasteiger partial charge in [-0.2, -0.15) is 10.2 Å². The molecule has 0 radical (unpaired) electrons. The molecule has 0 spiro atoms. The monoisotopic (exact) mass is 564 g/mol. The summed E-state index contributed by atoms with van der Waals surface area (Å²) in [7, 11) is 3.54. The molecule has 1 aliphatic heterocycles. The molecule has 0 aromatic carbocycles. The molecule has 0 saturated heterocycles. The van der Waals surface area contributed by atoms with Crippen molar-refractivity contribution in [3.05, 3.63) is 34.9 Å². The summed E-state index contributed by atoms with van der Waals surface area (Å²) >= 11 is 0. The molecule has 5 rings (SSSR count). The van der Waals surface area contributed by atoms with Crippen molar-refractivity contribution in [1.82, 2.24) is 39.6 Å². The Morgan fingerprint density at radius 2 is 2.02 bits per heavy atom. The number of aromatic amines is 1. The van der Waals surface area contributed by atoms with Crippen LogP contribution in [0, 0.1) is 0 Å². The highest BCUT2D eigenvalue weighted by Crippen LogP contribution is 2.36. The van der Waals surface area contributed by atoms with E-state index in [0.717, 1.165) is 39.2 Å². The molecule has 4 aromatic rings. The lowest BCUT2D eigenvalue weighted by atomic mass is 10.1. The van der Waals surface area contributed by atoms with Crippen LogP contribution in [0.15, 0.2) is 12.3 Å². The second-order valence-corrected chi connectivity index (χ2v) is 10.8. The number of fused-ring (bicyclic) bond motifs is 4. The van der Waals surface area contributed by atoms with Gasteiger partial charge in [0.05, 0.1) is 54.1 Å². The first-order chi connectivity index (χ1) is 19.7. The lowest BCUT2D eigenvalue weighted by molar-refractivity contribution is 0.108. The number of H-pyrrole nitrogens is 1. The zero-order valence-electron chi connectivity index (χ0n) is 24.9. The van der Waals surface area contributed by atoms with Crippen LogP contribution in [0.2, 0.25) is 0 Å². The van der Waals surface area contributed by atoms with E-state index in [0.29, 0.717) is 50.3 Å². The number of aliphatic hydroxyl groups is 1. The van der Waals surface area contributed by atoms with Crippen LogP contribution >= 0.6 is 0 Å². The molecule has 0 fully saturated rings. The van der Waals surface area contributed by atoms with Gasteiger partial charge in [-0.25, -0.2) is 9.67 Å². The van der Waals surface area contributed by atoms with Crippen molar-refractivity contribution in [3.8, 4) is 22.9 Å². The van der Waals surface area contributed by atoms with E-state index in [1.54, 1.807) is 24.9 Å². The van der Waals surface area contributed by atoms with Crippen molar-refractivity contribution >= 4 is 23.2 Å². The fourth-order valence-corrected chi connectivity index (χ4v) is 5.25. The zero-order chi connectivity index (χ0) is 29.3. The molecule has 5 heterocycles. The molecule has 0 amide bonds. The molecular formula is C29H40N8O4. The molecule has 12 nitrogen and oxygen atoms in total. The van der Waals surface area contributed by atoms with E-state index < -0.39 is 6.10 Å². The normalized spacial score (nSPS) is 17.6. The Balaban J connectivity index is 1.73. The van der Waals surface area contributed by atoms with Crippen LogP contribution in [-0.2, 0) is 31.5 Å². The summed E-state index contributed by atoms with van der Waals surface area (Å²) in [5.74, 6) is 1.19. The second kappa shape index (κ2) is 12.0. The lowest BCUT2D eigenvalue weighted by Gasteiger charge is -2.30. The SMILES string of the molecule is CCOc1nn(C[C@H](C)O)c2c1/C=C/c1[nH]nc3ncc(cc13)-c1c(COC)nn(C)c1O[C@@H](C)CN(C(C)C)C2. The Morgan fingerprint density at radius 3 is 2.73 bits per heavy atom. The standard InChI is InChI=1S/C29H40N8O4/c1-8-40-28-21-9-10-23-22-11-20(12-30-27(22)32-31-23)26-24(16-39-7)33-35(6)29(26)41-19(5)14-36(17(2)3)15-25(21)37(34-28)13-18(4)38/h9-12,17-19,38H,8,13-16H2,1-7H3,(H,30,31,32)/b10-9+/t18-,19-/m0/s1. The smallest absolute Gasteiger partial charge is 0.240 e. The molecule has 2 atom stereocenters. The minimum Gasteiger partial charge on any atom is -0.476 e. The van der Waals surface area contributed by atoms with Crippen molar-refractivity contribution < 1.29 is 19.3 Å². The molecule has 1 aliphatic rings. The van der Waals surface area contributed by atoms with Gasteiger partial charge in [-0.3, -0.25) is 14.7 Å². The highest BCUT2D eigenvalue weighted by Gasteiger charge is 2.27. The average Bonchev–Trinajstić information content (AvgIpc) is 3.55. The molecule has 0 aliphatic carbocycles. The molecule has 220 valence electrons. The van der Waals surface area contributed by atoms with E-state index in [9.17, 15) is 5.11 Å². The van der Waals surface area contributed by atoms with E-state index in [4.69, 9.17) is 24.4 Å². The second-order valence-electron chi connectivity index (χ2n) is 10.8. The van der Waals surface area contributed by atoms with Crippen molar-refractivity contribution in [2.75, 3.05) is 20.3 Å². The molecule has 2 bridgehead atoms. The third-order valence-corrected chi connectivity index (χ3v) is 7.16. The van der Waals surface area contributed by atoms with Crippen LogP contribution in [0.25, 0.3) is 34.3 Å². The van der Waals surface area contributed by atoms with Gasteiger partial charge in [-0.1, -0.05) is 0 Å². The maximum atomic E-state index is 10.3. The molecule has 41 heavy (non-hydrogen) atoms. The van der Waals surface area contributed by atoms with Gasteiger partial charge >= 0.3 is 0 Å². The van der Waals surface area contributed by atoms with E-state index in [1.165, 1.54) is 0 Å². The van der Waals surface area contributed by atoms with Gasteiger partial charge in [-0.15, -0.1) is 5.10 Å². The van der Waals surface area contributed by atoms with Crippen LogP contribution in [0.5, 0.6) is 11.8 Å². The minimum absolute atomic E-state index is 0.174. The maximum absolute atomic E-state index is 10.3. The number of pyridine rings is 1. The van der Waals surface area contributed by atoms with Gasteiger partial charge in [0.25, 0.3) is 0 Å². The summed E-state index contributed by atoms with van der Waals surface area (Å²) < 4.78 is 21.7. The number of aromatic nitrogens is 7. The first-order valence-corrected chi connectivity index (χ1v) is 14.1. The highest BCUT2D eigenvalue weighted by molar-refractivity contribution is 5.91. The Kier molecular flexibility index (Phi) is 8.43. The van der Waals surface area contributed by atoms with E-state index in [-0.39, 0.29) is 12.1 Å². The number of rotatable bonds is 7. The minimum atomic E-state index is -0.575. The summed E-state index contributed by atoms with van der Waals surface area (Å²) in [6.45, 7) is 12.5. The molecule has 2 N–H and O–H groups in total. The summed E-state index contributed by atoms with van der Waals surface area (Å²) in [5, 5.41) is 28.2. The summed E-state index contributed by atoms with van der Waals surface area (Å²) in [6, 6.07) is 2.26. The molecule has 4 aromatic heterocycles. The van der Waals surface area contributed by atoms with Crippen molar-refractivity contribution in [2.24, 2.45) is 7.05 Å². The number of nitrogens with one attached hydrogen (secondary N) is 1. The van der Waals surface area contributed by atoms with Crippen LogP contribution in [0.4, 0.5) is 0 Å². The van der Waals surface area contributed by atoms with Gasteiger partial charge in [0.1, 0.15) is 6.10 Å². The third kappa shape index (κ3) is 5.85. The van der Waals surface area contributed by atoms with Crippen LogP contribution in [-0.4, -0.2) is 83.3 Å². The number of aliphatic hydroxyl groups excluding tert-OH is 1. The average molecular weight is 565 g/mol. The lowest BCUT2D eigenvalue weighted by Crippen LogP contribution is -2.39. The van der Waals surface area contributed by atoms with Gasteiger partial charge in [0.15, 0.2) is 5.65 Å². The topological polar surface area (TPSA) is 128 Å². The van der Waals surface area contributed by atoms with Gasteiger partial charge in [0, 0.05) is 50.4 Å². The zero-order valence-corrected chi connectivity index (χ0v) is 24.9. The van der Waals surface area contributed by atoms with Crippen molar-refractivity contribution in [3.63, 3.8) is 0 Å². The van der Waals surface area contributed by atoms with Crippen LogP contribution in [0.3, 0.4) is 0 Å². The molecule has 0 unspecified atom stereocenters. The third-order valence-electron chi connectivity index (χ3n) is 7.16. The molecule has 12 heteroatoms. The molecular weight excluding hydrogens is 524 g/mol. The van der Waals surface area contributed by atoms with Crippen LogP contribution in [0.1, 0.15) is 57.3 Å². The fraction of sp³-hybridized carbons (Fsp3) is 0.517. The van der Waals surface area contributed by atoms with E-state index in [1.807, 2.05) is 30.8 Å². The predicted octanol–water partition coefficient (Wildman–Crippen LogP) is 3.64. The number of ether oxygens (including phenoxy) is 3. The summed E-state index contributed by atoms with van der Waals surface area (Å²) in [5.41, 5.74) is 5.72. The van der Waals surface area contributed by atoms with E-state index >= 15 is 0 Å². The van der Waals surface area contributed by atoms with Gasteiger partial charge in [-0.05, 0) is 52.8 Å². The number of nitrogens with zero attached hydrogens (tertiary/aromatic N) is 7. The fourth-order valence-electron chi connectivity index (χ4n) is 5.25. The number of aryl methyl sites for hydroxylation is 1. The predicted molar refractivity (Wildman–Crippen MR) is 156 cm³/mol. The first-order valence-electron chi connectivity index (χ1n) is 14.1. The first kappa shape index (κ1) is 28.8. The molecule has 0 saturated carbocycles. The highest BCUT2D eigenvalue weighted by atomic mass is 16.5. The van der Waals surface area contributed by atoms with Crippen LogP contribution < -0.4 is 9.47 Å². The van der Waals surface area contributed by atoms with E-state index in [2.05, 4.69) is 46.9 Å². The summed E-state index contributed by atoms with van der Waals surface area (Å²) in [6.07, 6.45) is 5.04. The number of hydrogen-bond donors (Lipinski definition) is 2. The number of methoxy groups -OCH3 is 1. The Morgan fingerprint density at radius 1 is 1.22 bits per heavy atom. The Hall–Kier alpha value is -3.74. The largest absolute Gasteiger partial charge is 0.476 e. The van der Waals surface area contributed by atoms with Gasteiger partial charge in [0.2, 0.25) is 11.8 Å². The van der Waals surface area contributed by atoms with Gasteiger partial charge < -0.3 is 19.3 Å². The Labute approximate surface area is 239 Å². The number of hydrogen-bond acceptors (Lipinski definition) is 9. The Bertz CT molecular complexity index is 1530. The maximum Gasteiger partial charge on any atom is 0.240 e.